The van der Waals surface area contributed by atoms with Crippen molar-refractivity contribution in [3.8, 4) is 11.1 Å². The summed E-state index contributed by atoms with van der Waals surface area (Å²) in [5.41, 5.74) is 6.98. The molecule has 0 aliphatic heterocycles. The smallest absolute Gasteiger partial charge is 0.243 e. The van der Waals surface area contributed by atoms with Gasteiger partial charge < -0.3 is 0 Å². The van der Waals surface area contributed by atoms with Crippen LogP contribution in [0.4, 0.5) is 0 Å². The summed E-state index contributed by atoms with van der Waals surface area (Å²) in [5.74, 6) is 0.200. The average Bonchev–Trinajstić information content (AvgIpc) is 2.67. The maximum absolute atomic E-state index is 12.2. The molecule has 0 aromatic heterocycles. The van der Waals surface area contributed by atoms with Crippen molar-refractivity contribution in [2.24, 2.45) is 11.0 Å². The molecule has 1 fully saturated rings. The van der Waals surface area contributed by atoms with E-state index in [-0.39, 0.29) is 11.8 Å². The van der Waals surface area contributed by atoms with Gasteiger partial charge in [-0.15, -0.1) is 0 Å². The Hall–Kier alpha value is -2.42. The summed E-state index contributed by atoms with van der Waals surface area (Å²) in [6, 6.07) is 18.6. The van der Waals surface area contributed by atoms with E-state index < -0.39 is 0 Å². The largest absolute Gasteiger partial charge is 0.273 e. The van der Waals surface area contributed by atoms with Gasteiger partial charge in [-0.2, -0.15) is 5.10 Å². The Morgan fingerprint density at radius 2 is 1.54 bits per heavy atom. The van der Waals surface area contributed by atoms with Crippen LogP contribution in [0.2, 0.25) is 0 Å². The van der Waals surface area contributed by atoms with Crippen LogP contribution >= 0.6 is 0 Å². The lowest BCUT2D eigenvalue weighted by atomic mass is 9.89. The predicted octanol–water partition coefficient (Wildman–Crippen LogP) is 4.77. The number of hydrazone groups is 1. The molecule has 3 heteroatoms. The van der Waals surface area contributed by atoms with Crippen LogP contribution < -0.4 is 5.43 Å². The van der Waals surface area contributed by atoms with E-state index in [2.05, 4.69) is 34.8 Å². The van der Waals surface area contributed by atoms with Crippen LogP contribution in [0.5, 0.6) is 0 Å². The third-order valence-corrected chi connectivity index (χ3v) is 4.72. The lowest BCUT2D eigenvalue weighted by molar-refractivity contribution is -0.125. The minimum absolute atomic E-state index is 0.0648. The number of nitrogens with one attached hydrogen (secondary N) is 1. The Morgan fingerprint density at radius 1 is 0.917 bits per heavy atom. The first-order valence-electron chi connectivity index (χ1n) is 8.74. The first kappa shape index (κ1) is 16.4. The number of amides is 1. The number of benzene rings is 2. The zero-order valence-electron chi connectivity index (χ0n) is 14.2. The van der Waals surface area contributed by atoms with Crippen molar-refractivity contribution < 1.29 is 4.79 Å². The van der Waals surface area contributed by atoms with Gasteiger partial charge in [0.05, 0.1) is 5.71 Å². The van der Waals surface area contributed by atoms with E-state index >= 15 is 0 Å². The molecule has 1 saturated carbocycles. The van der Waals surface area contributed by atoms with Gasteiger partial charge in [-0.1, -0.05) is 73.9 Å². The summed E-state index contributed by atoms with van der Waals surface area (Å²) in [7, 11) is 0. The second-order valence-corrected chi connectivity index (χ2v) is 6.45. The van der Waals surface area contributed by atoms with Gasteiger partial charge in [0.15, 0.2) is 0 Å². The molecule has 0 saturated heterocycles. The fourth-order valence-electron chi connectivity index (χ4n) is 3.19. The van der Waals surface area contributed by atoms with Gasteiger partial charge in [0.1, 0.15) is 0 Å². The molecule has 2 aromatic carbocycles. The number of rotatable bonds is 4. The molecule has 1 amide bonds. The third-order valence-electron chi connectivity index (χ3n) is 4.72. The van der Waals surface area contributed by atoms with E-state index in [4.69, 9.17) is 0 Å². The summed E-state index contributed by atoms with van der Waals surface area (Å²) in [6.07, 6.45) is 5.54. The molecule has 1 aliphatic carbocycles. The Balaban J connectivity index is 1.64. The summed E-state index contributed by atoms with van der Waals surface area (Å²) >= 11 is 0. The Kier molecular flexibility index (Phi) is 5.42. The average molecular weight is 320 g/mol. The fourth-order valence-corrected chi connectivity index (χ4v) is 3.19. The molecule has 3 nitrogen and oxygen atoms in total. The van der Waals surface area contributed by atoms with Gasteiger partial charge in [-0.25, -0.2) is 5.43 Å². The van der Waals surface area contributed by atoms with Gasteiger partial charge in [0, 0.05) is 5.92 Å². The molecule has 24 heavy (non-hydrogen) atoms. The van der Waals surface area contributed by atoms with Crippen LogP contribution in [0.15, 0.2) is 59.7 Å². The van der Waals surface area contributed by atoms with Gasteiger partial charge in [0.25, 0.3) is 0 Å². The number of nitrogens with zero attached hydrogens (tertiary/aromatic N) is 1. The zero-order chi connectivity index (χ0) is 16.8. The minimum Gasteiger partial charge on any atom is -0.273 e. The summed E-state index contributed by atoms with van der Waals surface area (Å²) in [6.45, 7) is 1.93. The highest BCUT2D eigenvalue weighted by molar-refractivity contribution is 5.99. The quantitative estimate of drug-likeness (QED) is 0.639. The third kappa shape index (κ3) is 4.10. The molecule has 0 unspecified atom stereocenters. The summed E-state index contributed by atoms with van der Waals surface area (Å²) in [4.78, 5) is 12.2. The molecular weight excluding hydrogens is 296 g/mol. The lowest BCUT2D eigenvalue weighted by Gasteiger charge is -2.19. The van der Waals surface area contributed by atoms with E-state index in [0.717, 1.165) is 37.0 Å². The number of carbonyl (C=O) groups is 1. The summed E-state index contributed by atoms with van der Waals surface area (Å²) in [5, 5.41) is 4.29. The highest BCUT2D eigenvalue weighted by atomic mass is 16.2. The topological polar surface area (TPSA) is 41.5 Å². The number of hydrogen-bond acceptors (Lipinski definition) is 2. The molecule has 0 bridgehead atoms. The SMILES string of the molecule is C/C(=N\NC(=O)C1CCCCC1)c1ccc(-c2ccccc2)cc1. The number of carbonyl (C=O) groups excluding carboxylic acids is 1. The van der Waals surface area contributed by atoms with E-state index in [9.17, 15) is 4.79 Å². The second-order valence-electron chi connectivity index (χ2n) is 6.45. The molecule has 124 valence electrons. The molecule has 0 heterocycles. The van der Waals surface area contributed by atoms with Gasteiger partial charge in [0.2, 0.25) is 5.91 Å². The summed E-state index contributed by atoms with van der Waals surface area (Å²) < 4.78 is 0. The van der Waals surface area contributed by atoms with Crippen molar-refractivity contribution in [3.63, 3.8) is 0 Å². The standard InChI is InChI=1S/C21H24N2O/c1-16(22-23-21(24)20-10-6-3-7-11-20)17-12-14-19(15-13-17)18-8-4-2-5-9-18/h2,4-5,8-9,12-15,20H,3,6-7,10-11H2,1H3,(H,23,24)/b22-16+. The zero-order valence-corrected chi connectivity index (χ0v) is 14.2. The van der Waals surface area contributed by atoms with E-state index in [0.29, 0.717) is 0 Å². The molecule has 3 rings (SSSR count). The predicted molar refractivity (Wildman–Crippen MR) is 98.8 cm³/mol. The Morgan fingerprint density at radius 3 is 2.21 bits per heavy atom. The van der Waals surface area contributed by atoms with Crippen molar-refractivity contribution >= 4 is 11.6 Å². The lowest BCUT2D eigenvalue weighted by Crippen LogP contribution is -2.29. The maximum Gasteiger partial charge on any atom is 0.243 e. The first-order chi connectivity index (χ1) is 11.7. The van der Waals surface area contributed by atoms with E-state index in [1.165, 1.54) is 17.5 Å². The van der Waals surface area contributed by atoms with Crippen molar-refractivity contribution in [1.29, 1.82) is 0 Å². The molecule has 0 radical (unpaired) electrons. The fraction of sp³-hybridized carbons (Fsp3) is 0.333. The molecule has 1 aliphatic rings. The number of hydrogen-bond donors (Lipinski definition) is 1. The van der Waals surface area contributed by atoms with Crippen molar-refractivity contribution in [3.05, 3.63) is 60.2 Å². The van der Waals surface area contributed by atoms with Crippen molar-refractivity contribution in [1.82, 2.24) is 5.43 Å². The highest BCUT2D eigenvalue weighted by Crippen LogP contribution is 2.23. The van der Waals surface area contributed by atoms with E-state index in [1.54, 1.807) is 0 Å². The van der Waals surface area contributed by atoms with Gasteiger partial charge in [-0.05, 0) is 36.5 Å². The van der Waals surface area contributed by atoms with Crippen LogP contribution in [0.25, 0.3) is 11.1 Å². The normalized spacial score (nSPS) is 16.0. The van der Waals surface area contributed by atoms with Gasteiger partial charge in [-0.3, -0.25) is 4.79 Å². The molecular formula is C21H24N2O. The van der Waals surface area contributed by atoms with Crippen LogP contribution in [0.1, 0.15) is 44.6 Å². The van der Waals surface area contributed by atoms with Crippen LogP contribution in [0, 0.1) is 5.92 Å². The van der Waals surface area contributed by atoms with Gasteiger partial charge >= 0.3 is 0 Å². The Bertz CT molecular complexity index is 698. The monoisotopic (exact) mass is 320 g/mol. The maximum atomic E-state index is 12.2. The van der Waals surface area contributed by atoms with Crippen LogP contribution in [0.3, 0.4) is 0 Å². The van der Waals surface area contributed by atoms with Crippen LogP contribution in [-0.4, -0.2) is 11.6 Å². The molecule has 2 aromatic rings. The van der Waals surface area contributed by atoms with Crippen LogP contribution in [-0.2, 0) is 4.79 Å². The highest BCUT2D eigenvalue weighted by Gasteiger charge is 2.20. The Labute approximate surface area is 143 Å². The molecule has 0 atom stereocenters. The molecule has 1 N–H and O–H groups in total. The van der Waals surface area contributed by atoms with Crippen molar-refractivity contribution in [2.75, 3.05) is 0 Å². The molecule has 0 spiro atoms. The minimum atomic E-state index is 0.0648. The second kappa shape index (κ2) is 7.91. The van der Waals surface area contributed by atoms with Crippen molar-refractivity contribution in [2.45, 2.75) is 39.0 Å². The first-order valence-corrected chi connectivity index (χ1v) is 8.74. The van der Waals surface area contributed by atoms with E-state index in [1.807, 2.05) is 37.3 Å².